The molecule has 0 N–H and O–H groups in total. The molecule has 0 unspecified atom stereocenters. The topological polar surface area (TPSA) is 22.1 Å². The molecule has 0 heterocycles. The fourth-order valence-corrected chi connectivity index (χ4v) is 6.38. The lowest BCUT2D eigenvalue weighted by molar-refractivity contribution is 0.476. The van der Waals surface area contributed by atoms with Crippen LogP contribution in [0.3, 0.4) is 0 Å². The van der Waals surface area contributed by atoms with E-state index in [-0.39, 0.29) is 0 Å². The van der Waals surface area contributed by atoms with Crippen molar-refractivity contribution in [3.63, 3.8) is 0 Å². The molecule has 0 amide bonds. The fraction of sp³-hybridized carbons (Fsp3) is 1.00. The van der Waals surface area contributed by atoms with E-state index in [4.69, 9.17) is 0 Å². The van der Waals surface area contributed by atoms with Crippen LogP contribution in [0.15, 0.2) is 3.77 Å². The molecule has 4 nitrogen and oxygen atoms in total. The highest BCUT2D eigenvalue weighted by Crippen LogP contribution is 2.55. The van der Waals surface area contributed by atoms with Crippen molar-refractivity contribution in [1.82, 2.24) is 14.0 Å². The first-order chi connectivity index (χ1) is 5.39. The van der Waals surface area contributed by atoms with Gasteiger partial charge in [-0.25, -0.2) is 0 Å². The van der Waals surface area contributed by atoms with Crippen LogP contribution in [0.1, 0.15) is 0 Å². The van der Waals surface area contributed by atoms with Gasteiger partial charge < -0.3 is 0 Å². The molecule has 0 atom stereocenters. The van der Waals surface area contributed by atoms with Crippen molar-refractivity contribution in [1.29, 1.82) is 0 Å². The van der Waals surface area contributed by atoms with Gasteiger partial charge in [0.1, 0.15) is 0 Å². The van der Waals surface area contributed by atoms with Gasteiger partial charge in [0, 0.05) is 0 Å². The van der Waals surface area contributed by atoms with Gasteiger partial charge in [-0.3, -0.25) is 14.0 Å². The first-order valence-corrected chi connectivity index (χ1v) is 5.96. The summed E-state index contributed by atoms with van der Waals surface area (Å²) in [6, 6.07) is 0. The van der Waals surface area contributed by atoms with Crippen LogP contribution in [0.2, 0.25) is 0 Å². The Morgan fingerprint density at radius 3 is 1.08 bits per heavy atom. The Morgan fingerprint density at radius 1 is 0.833 bits per heavy atom. The molecule has 12 heavy (non-hydrogen) atoms. The molecule has 0 aliphatic carbocycles. The Bertz CT molecular complexity index is 161. The molecular formula is C6H18BrN4P. The van der Waals surface area contributed by atoms with Crippen molar-refractivity contribution in [3.05, 3.63) is 0 Å². The summed E-state index contributed by atoms with van der Waals surface area (Å²) in [4.78, 5) is 0. The number of nitrogens with zero attached hydrogens (tertiary/aromatic N) is 4. The zero-order valence-corrected chi connectivity index (χ0v) is 11.1. The van der Waals surface area contributed by atoms with Crippen LogP contribution in [0, 0.1) is 0 Å². The maximum atomic E-state index is 4.32. The van der Waals surface area contributed by atoms with E-state index in [0.717, 1.165) is 0 Å². The van der Waals surface area contributed by atoms with Gasteiger partial charge in [-0.2, -0.15) is 3.77 Å². The van der Waals surface area contributed by atoms with Gasteiger partial charge in [-0.1, -0.05) is 0 Å². The minimum Gasteiger partial charge on any atom is -0.251 e. The lowest BCUT2D eigenvalue weighted by atomic mass is 11.2. The largest absolute Gasteiger partial charge is 0.251 e. The second-order valence-corrected chi connectivity index (χ2v) is 7.73. The zero-order valence-electron chi connectivity index (χ0n) is 8.61. The highest BCUT2D eigenvalue weighted by atomic mass is 79.9. The maximum absolute atomic E-state index is 4.32. The molecule has 0 aliphatic heterocycles. The van der Waals surface area contributed by atoms with E-state index in [0.29, 0.717) is 0 Å². The predicted molar refractivity (Wildman–Crippen MR) is 59.3 cm³/mol. The quantitative estimate of drug-likeness (QED) is 0.721. The molecule has 0 saturated carbocycles. The molecule has 0 bridgehead atoms. The summed E-state index contributed by atoms with van der Waals surface area (Å²) in [5.74, 6) is 0. The Labute approximate surface area is 84.1 Å². The Kier molecular flexibility index (Phi) is 4.95. The minimum absolute atomic E-state index is 1.65. The fourth-order valence-electron chi connectivity index (χ4n) is 1.28. The van der Waals surface area contributed by atoms with Crippen molar-refractivity contribution in [2.24, 2.45) is 3.77 Å². The Hall–Kier alpha value is 0.590. The van der Waals surface area contributed by atoms with Gasteiger partial charge in [0.15, 0.2) is 7.51 Å². The first-order valence-electron chi connectivity index (χ1n) is 3.65. The number of halogens is 1. The van der Waals surface area contributed by atoms with Crippen molar-refractivity contribution < 1.29 is 0 Å². The van der Waals surface area contributed by atoms with Crippen LogP contribution in [0.25, 0.3) is 0 Å². The second-order valence-electron chi connectivity index (χ2n) is 3.15. The van der Waals surface area contributed by atoms with Crippen molar-refractivity contribution >= 4 is 23.7 Å². The molecule has 0 spiro atoms. The van der Waals surface area contributed by atoms with Gasteiger partial charge in [0.2, 0.25) is 0 Å². The summed E-state index contributed by atoms with van der Waals surface area (Å²) < 4.78 is 10.7. The van der Waals surface area contributed by atoms with Crippen LogP contribution in [-0.2, 0) is 0 Å². The molecule has 0 rings (SSSR count). The molecule has 0 saturated heterocycles. The molecule has 0 aromatic carbocycles. The van der Waals surface area contributed by atoms with Crippen LogP contribution in [-0.4, -0.2) is 56.3 Å². The predicted octanol–water partition coefficient (Wildman–Crippen LogP) is 1.93. The third-order valence-corrected chi connectivity index (χ3v) is 6.41. The molecule has 0 aliphatic rings. The summed E-state index contributed by atoms with van der Waals surface area (Å²) in [7, 11) is 10.6. The average molecular weight is 257 g/mol. The molecule has 74 valence electrons. The summed E-state index contributed by atoms with van der Waals surface area (Å²) in [6.45, 7) is 0. The zero-order chi connectivity index (χ0) is 9.94. The van der Waals surface area contributed by atoms with Gasteiger partial charge in [0.05, 0.1) is 16.1 Å². The van der Waals surface area contributed by atoms with E-state index in [1.54, 1.807) is 0 Å². The lowest BCUT2D eigenvalue weighted by Gasteiger charge is -2.39. The third kappa shape index (κ3) is 2.09. The van der Waals surface area contributed by atoms with Crippen LogP contribution in [0.5, 0.6) is 0 Å². The standard InChI is InChI=1S/C6H18BrN4P/c1-9(2)12(8-7,10(3)4)11(5)6/h1-6H3. The summed E-state index contributed by atoms with van der Waals surface area (Å²) in [6.07, 6.45) is 0. The summed E-state index contributed by atoms with van der Waals surface area (Å²) in [5, 5.41) is 0. The van der Waals surface area contributed by atoms with E-state index in [9.17, 15) is 0 Å². The minimum atomic E-state index is -1.65. The van der Waals surface area contributed by atoms with E-state index in [1.807, 2.05) is 42.3 Å². The summed E-state index contributed by atoms with van der Waals surface area (Å²) >= 11 is 3.22. The van der Waals surface area contributed by atoms with Crippen molar-refractivity contribution in [3.8, 4) is 0 Å². The Morgan fingerprint density at radius 2 is 1.08 bits per heavy atom. The van der Waals surface area contributed by atoms with E-state index < -0.39 is 7.51 Å². The average Bonchev–Trinajstić information content (AvgIpc) is 1.86. The van der Waals surface area contributed by atoms with E-state index in [2.05, 4.69) is 33.9 Å². The number of hydrogen-bond acceptors (Lipinski definition) is 1. The molecule has 6 heteroatoms. The lowest BCUT2D eigenvalue weighted by Crippen LogP contribution is -2.30. The van der Waals surface area contributed by atoms with Gasteiger partial charge >= 0.3 is 0 Å². The van der Waals surface area contributed by atoms with E-state index in [1.165, 1.54) is 0 Å². The highest BCUT2D eigenvalue weighted by Gasteiger charge is 2.27. The van der Waals surface area contributed by atoms with Crippen LogP contribution < -0.4 is 0 Å². The molecule has 0 aromatic heterocycles. The van der Waals surface area contributed by atoms with Crippen LogP contribution >= 0.6 is 23.7 Å². The van der Waals surface area contributed by atoms with Gasteiger partial charge in [-0.05, 0) is 42.3 Å². The normalized spacial score (nSPS) is 13.2. The number of rotatable bonds is 3. The second kappa shape index (κ2) is 4.72. The smallest absolute Gasteiger partial charge is 0.178 e. The highest BCUT2D eigenvalue weighted by molar-refractivity contribution is 9.08. The van der Waals surface area contributed by atoms with Crippen molar-refractivity contribution in [2.75, 3.05) is 42.3 Å². The first kappa shape index (κ1) is 12.6. The molecule has 0 radical (unpaired) electrons. The van der Waals surface area contributed by atoms with Gasteiger partial charge in [0.25, 0.3) is 0 Å². The molecular weight excluding hydrogens is 239 g/mol. The van der Waals surface area contributed by atoms with Gasteiger partial charge in [-0.15, -0.1) is 0 Å². The SMILES string of the molecule is CN(C)P(=NBr)(N(C)C)N(C)C. The van der Waals surface area contributed by atoms with Crippen molar-refractivity contribution in [2.45, 2.75) is 0 Å². The van der Waals surface area contributed by atoms with E-state index >= 15 is 0 Å². The molecule has 0 fully saturated rings. The summed E-state index contributed by atoms with van der Waals surface area (Å²) in [5.41, 5.74) is 0. The Balaban J connectivity index is 5.08. The number of hydrogen-bond donors (Lipinski definition) is 0. The monoisotopic (exact) mass is 256 g/mol. The molecule has 0 aromatic rings. The maximum Gasteiger partial charge on any atom is 0.178 e. The van der Waals surface area contributed by atoms with Crippen LogP contribution in [0.4, 0.5) is 0 Å². The third-order valence-electron chi connectivity index (χ3n) is 1.71.